The summed E-state index contributed by atoms with van der Waals surface area (Å²) in [6, 6.07) is 3.27. The highest BCUT2D eigenvalue weighted by Crippen LogP contribution is 2.33. The van der Waals surface area contributed by atoms with Crippen molar-refractivity contribution in [2.75, 3.05) is 25.1 Å². The lowest BCUT2D eigenvalue weighted by Gasteiger charge is -2.25. The van der Waals surface area contributed by atoms with Gasteiger partial charge in [0.2, 0.25) is 5.91 Å². The van der Waals surface area contributed by atoms with Crippen LogP contribution >= 0.6 is 23.1 Å². The van der Waals surface area contributed by atoms with E-state index in [0.29, 0.717) is 6.42 Å². The second kappa shape index (κ2) is 6.93. The van der Waals surface area contributed by atoms with Crippen molar-refractivity contribution in [1.82, 2.24) is 9.80 Å². The molecule has 0 radical (unpaired) electrons. The van der Waals surface area contributed by atoms with E-state index in [1.165, 1.54) is 23.3 Å². The van der Waals surface area contributed by atoms with Gasteiger partial charge in [0, 0.05) is 18.0 Å². The standard InChI is InChI=1S/C15H16N2O5S3/c1-16(10-4-6-25(21,22)9-10)13(18)8-17-14(19)12(24-15(17)20)7-11-3-2-5-23-11/h2-3,5,7,10H,4,6,8-9H2,1H3/b12-7+/t10-/m0/s1. The number of imide groups is 1. The second-order valence-corrected chi connectivity index (χ2v) is 10.0. The van der Waals surface area contributed by atoms with Crippen LogP contribution in [0.25, 0.3) is 6.08 Å². The minimum atomic E-state index is -3.11. The van der Waals surface area contributed by atoms with Gasteiger partial charge < -0.3 is 4.90 Å². The highest BCUT2D eigenvalue weighted by molar-refractivity contribution is 8.18. The predicted octanol–water partition coefficient (Wildman–Crippen LogP) is 1.43. The fourth-order valence-electron chi connectivity index (χ4n) is 2.67. The number of nitrogens with zero attached hydrogens (tertiary/aromatic N) is 2. The van der Waals surface area contributed by atoms with E-state index in [1.807, 2.05) is 17.5 Å². The molecule has 0 bridgehead atoms. The van der Waals surface area contributed by atoms with Gasteiger partial charge in [-0.25, -0.2) is 8.42 Å². The number of carbonyl (C=O) groups excluding carboxylic acids is 3. The van der Waals surface area contributed by atoms with E-state index in [9.17, 15) is 22.8 Å². The summed E-state index contributed by atoms with van der Waals surface area (Å²) in [4.78, 5) is 40.2. The summed E-state index contributed by atoms with van der Waals surface area (Å²) in [5.74, 6) is -0.957. The Labute approximate surface area is 153 Å². The molecule has 3 amide bonds. The first-order chi connectivity index (χ1) is 11.8. The molecule has 2 saturated heterocycles. The molecule has 0 aliphatic carbocycles. The molecule has 10 heteroatoms. The van der Waals surface area contributed by atoms with Crippen LogP contribution in [0.1, 0.15) is 11.3 Å². The maximum Gasteiger partial charge on any atom is 0.294 e. The minimum Gasteiger partial charge on any atom is -0.340 e. The first-order valence-corrected chi connectivity index (χ1v) is 11.0. The Kier molecular flexibility index (Phi) is 5.03. The molecule has 1 atom stereocenters. The zero-order chi connectivity index (χ0) is 18.2. The number of thioether (sulfide) groups is 1. The highest BCUT2D eigenvalue weighted by atomic mass is 32.2. The quantitative estimate of drug-likeness (QED) is 0.710. The minimum absolute atomic E-state index is 0.0560. The van der Waals surface area contributed by atoms with Gasteiger partial charge in [-0.1, -0.05) is 6.07 Å². The first-order valence-electron chi connectivity index (χ1n) is 7.52. The smallest absolute Gasteiger partial charge is 0.294 e. The Balaban J connectivity index is 1.67. The molecule has 3 rings (SSSR count). The van der Waals surface area contributed by atoms with E-state index in [0.717, 1.165) is 21.5 Å². The number of rotatable bonds is 4. The molecular formula is C15H16N2O5S3. The molecule has 2 aliphatic rings. The molecule has 0 unspecified atom stereocenters. The molecule has 134 valence electrons. The molecule has 3 heterocycles. The van der Waals surface area contributed by atoms with Crippen LogP contribution in [0.3, 0.4) is 0 Å². The van der Waals surface area contributed by atoms with Crippen molar-refractivity contribution in [2.45, 2.75) is 12.5 Å². The molecule has 2 fully saturated rings. The monoisotopic (exact) mass is 400 g/mol. The molecule has 7 nitrogen and oxygen atoms in total. The third-order valence-electron chi connectivity index (χ3n) is 4.13. The number of amides is 3. The topological polar surface area (TPSA) is 91.8 Å². The Morgan fingerprint density at radius 3 is 2.80 bits per heavy atom. The Hall–Kier alpha value is -1.65. The van der Waals surface area contributed by atoms with Crippen molar-refractivity contribution >= 4 is 56.1 Å². The van der Waals surface area contributed by atoms with Gasteiger partial charge in [0.15, 0.2) is 9.84 Å². The summed E-state index contributed by atoms with van der Waals surface area (Å²) in [6.45, 7) is -0.376. The van der Waals surface area contributed by atoms with Crippen LogP contribution in [0.2, 0.25) is 0 Å². The Morgan fingerprint density at radius 1 is 1.44 bits per heavy atom. The van der Waals surface area contributed by atoms with Crippen LogP contribution in [-0.4, -0.2) is 66.4 Å². The van der Waals surface area contributed by atoms with Crippen LogP contribution in [0.5, 0.6) is 0 Å². The van der Waals surface area contributed by atoms with Gasteiger partial charge in [0.25, 0.3) is 11.1 Å². The average Bonchev–Trinajstić information content (AvgIpc) is 3.24. The molecule has 2 aliphatic heterocycles. The maximum atomic E-state index is 12.4. The first kappa shape index (κ1) is 18.2. The summed E-state index contributed by atoms with van der Waals surface area (Å²) >= 11 is 2.25. The molecular weight excluding hydrogens is 384 g/mol. The summed E-state index contributed by atoms with van der Waals surface area (Å²) in [5.41, 5.74) is 0. The van der Waals surface area contributed by atoms with Crippen molar-refractivity contribution in [3.8, 4) is 0 Å². The van der Waals surface area contributed by atoms with E-state index in [-0.39, 0.29) is 23.0 Å². The van der Waals surface area contributed by atoms with E-state index in [1.54, 1.807) is 6.08 Å². The maximum absolute atomic E-state index is 12.4. The molecule has 25 heavy (non-hydrogen) atoms. The Bertz CT molecular complexity index is 845. The van der Waals surface area contributed by atoms with Gasteiger partial charge in [-0.3, -0.25) is 19.3 Å². The van der Waals surface area contributed by atoms with Gasteiger partial charge in [0.1, 0.15) is 6.54 Å². The molecule has 1 aromatic heterocycles. The fourth-order valence-corrected chi connectivity index (χ4v) is 6.01. The number of likely N-dealkylation sites (N-methyl/N-ethyl adjacent to an activating group) is 1. The second-order valence-electron chi connectivity index (χ2n) is 5.84. The summed E-state index contributed by atoms with van der Waals surface area (Å²) in [5, 5.41) is 1.37. The molecule has 0 saturated carbocycles. The normalized spacial score (nSPS) is 24.3. The van der Waals surface area contributed by atoms with Crippen molar-refractivity contribution in [3.63, 3.8) is 0 Å². The van der Waals surface area contributed by atoms with Crippen molar-refractivity contribution < 1.29 is 22.8 Å². The summed E-state index contributed by atoms with van der Waals surface area (Å²) in [7, 11) is -1.61. The molecule has 0 aromatic carbocycles. The molecule has 0 N–H and O–H groups in total. The van der Waals surface area contributed by atoms with Crippen LogP contribution in [0.4, 0.5) is 4.79 Å². The van der Waals surface area contributed by atoms with Gasteiger partial charge in [-0.05, 0) is 35.7 Å². The fraction of sp³-hybridized carbons (Fsp3) is 0.400. The lowest BCUT2D eigenvalue weighted by Crippen LogP contribution is -2.45. The zero-order valence-electron chi connectivity index (χ0n) is 13.4. The number of hydrogen-bond donors (Lipinski definition) is 0. The summed E-state index contributed by atoms with van der Waals surface area (Å²) in [6.07, 6.45) is 2.01. The number of sulfone groups is 1. The lowest BCUT2D eigenvalue weighted by molar-refractivity contribution is -0.136. The van der Waals surface area contributed by atoms with E-state index in [2.05, 4.69) is 0 Å². The lowest BCUT2D eigenvalue weighted by atomic mass is 10.2. The van der Waals surface area contributed by atoms with Crippen LogP contribution < -0.4 is 0 Å². The van der Waals surface area contributed by atoms with Gasteiger partial charge in [-0.2, -0.15) is 0 Å². The van der Waals surface area contributed by atoms with Gasteiger partial charge in [-0.15, -0.1) is 11.3 Å². The van der Waals surface area contributed by atoms with Crippen molar-refractivity contribution in [2.24, 2.45) is 0 Å². The van der Waals surface area contributed by atoms with Gasteiger partial charge in [0.05, 0.1) is 16.4 Å². The van der Waals surface area contributed by atoms with Crippen LogP contribution in [-0.2, 0) is 19.4 Å². The third-order valence-corrected chi connectivity index (χ3v) is 7.61. The third kappa shape index (κ3) is 3.96. The van der Waals surface area contributed by atoms with Crippen LogP contribution in [0.15, 0.2) is 22.4 Å². The van der Waals surface area contributed by atoms with E-state index in [4.69, 9.17) is 0 Å². The average molecular weight is 401 g/mol. The summed E-state index contributed by atoms with van der Waals surface area (Å²) < 4.78 is 23.1. The van der Waals surface area contributed by atoms with Crippen molar-refractivity contribution in [1.29, 1.82) is 0 Å². The number of thiophene rings is 1. The van der Waals surface area contributed by atoms with E-state index >= 15 is 0 Å². The van der Waals surface area contributed by atoms with Crippen molar-refractivity contribution in [3.05, 3.63) is 27.3 Å². The highest BCUT2D eigenvalue weighted by Gasteiger charge is 2.39. The number of carbonyl (C=O) groups is 3. The zero-order valence-corrected chi connectivity index (χ0v) is 15.8. The SMILES string of the molecule is CN(C(=O)CN1C(=O)S/C(=C/c2cccs2)C1=O)[C@H]1CCS(=O)(=O)C1. The molecule has 0 spiro atoms. The Morgan fingerprint density at radius 2 is 2.20 bits per heavy atom. The number of hydrogen-bond acceptors (Lipinski definition) is 7. The molecule has 1 aromatic rings. The van der Waals surface area contributed by atoms with Crippen LogP contribution in [0, 0.1) is 0 Å². The van der Waals surface area contributed by atoms with Gasteiger partial charge >= 0.3 is 0 Å². The predicted molar refractivity (Wildman–Crippen MR) is 96.8 cm³/mol. The largest absolute Gasteiger partial charge is 0.340 e. The van der Waals surface area contributed by atoms with E-state index < -0.39 is 32.9 Å².